The Morgan fingerprint density at radius 3 is 2.67 bits per heavy atom. The van der Waals surface area contributed by atoms with Gasteiger partial charge in [0, 0.05) is 36.7 Å². The summed E-state index contributed by atoms with van der Waals surface area (Å²) < 4.78 is 33.4. The Kier molecular flexibility index (Phi) is 6.87. The third-order valence-corrected chi connectivity index (χ3v) is 8.45. The van der Waals surface area contributed by atoms with E-state index in [1.807, 2.05) is 17.5 Å². The molecule has 8 heteroatoms. The van der Waals surface area contributed by atoms with E-state index < -0.39 is 10.0 Å². The van der Waals surface area contributed by atoms with Crippen LogP contribution < -0.4 is 0 Å². The predicted molar refractivity (Wildman–Crippen MR) is 117 cm³/mol. The van der Waals surface area contributed by atoms with Gasteiger partial charge < -0.3 is 9.64 Å². The van der Waals surface area contributed by atoms with Gasteiger partial charge >= 0.3 is 0 Å². The summed E-state index contributed by atoms with van der Waals surface area (Å²) in [6, 6.07) is 10.5. The van der Waals surface area contributed by atoms with E-state index in [9.17, 15) is 13.2 Å². The molecule has 1 amide bonds. The Morgan fingerprint density at radius 1 is 1.13 bits per heavy atom. The molecule has 1 atom stereocenters. The fourth-order valence-electron chi connectivity index (χ4n) is 4.07. The molecule has 0 N–H and O–H groups in total. The largest absolute Gasteiger partial charge is 0.376 e. The summed E-state index contributed by atoms with van der Waals surface area (Å²) in [7, 11) is -3.58. The van der Waals surface area contributed by atoms with Gasteiger partial charge in [0.2, 0.25) is 10.0 Å². The summed E-state index contributed by atoms with van der Waals surface area (Å²) in [6.07, 6.45) is 4.81. The minimum Gasteiger partial charge on any atom is -0.376 e. The van der Waals surface area contributed by atoms with Crippen LogP contribution in [0.5, 0.6) is 0 Å². The van der Waals surface area contributed by atoms with Crippen LogP contribution in [-0.4, -0.2) is 55.9 Å². The average Bonchev–Trinajstić information content (AvgIpc) is 3.48. The highest BCUT2D eigenvalue weighted by atomic mass is 32.2. The molecule has 0 aliphatic carbocycles. The number of hydrogen-bond acceptors (Lipinski definition) is 5. The van der Waals surface area contributed by atoms with Gasteiger partial charge in [0.25, 0.3) is 5.91 Å². The first-order valence-corrected chi connectivity index (χ1v) is 12.9. The first-order valence-electron chi connectivity index (χ1n) is 10.6. The highest BCUT2D eigenvalue weighted by Gasteiger charge is 2.28. The van der Waals surface area contributed by atoms with Gasteiger partial charge in [-0.15, -0.1) is 11.3 Å². The van der Waals surface area contributed by atoms with E-state index in [-0.39, 0.29) is 16.9 Å². The highest BCUT2D eigenvalue weighted by molar-refractivity contribution is 7.89. The Morgan fingerprint density at radius 2 is 1.97 bits per heavy atom. The minimum absolute atomic E-state index is 0.0363. The van der Waals surface area contributed by atoms with Crippen LogP contribution in [0.3, 0.4) is 0 Å². The summed E-state index contributed by atoms with van der Waals surface area (Å²) in [5.74, 6) is -0.158. The van der Waals surface area contributed by atoms with Gasteiger partial charge in [-0.3, -0.25) is 4.79 Å². The zero-order valence-corrected chi connectivity index (χ0v) is 18.7. The molecule has 30 heavy (non-hydrogen) atoms. The van der Waals surface area contributed by atoms with E-state index in [0.29, 0.717) is 31.7 Å². The quantitative estimate of drug-likeness (QED) is 0.647. The fourth-order valence-corrected chi connectivity index (χ4v) is 6.35. The van der Waals surface area contributed by atoms with Crippen molar-refractivity contribution in [1.82, 2.24) is 9.21 Å². The Balaban J connectivity index is 1.57. The van der Waals surface area contributed by atoms with Crippen molar-refractivity contribution in [2.45, 2.75) is 49.6 Å². The van der Waals surface area contributed by atoms with E-state index in [4.69, 9.17) is 4.74 Å². The molecule has 2 fully saturated rings. The van der Waals surface area contributed by atoms with E-state index in [1.165, 1.54) is 10.4 Å². The molecule has 1 unspecified atom stereocenters. The number of ether oxygens (including phenoxy) is 1. The van der Waals surface area contributed by atoms with Crippen LogP contribution in [0.15, 0.2) is 46.7 Å². The highest BCUT2D eigenvalue weighted by Crippen LogP contribution is 2.23. The third kappa shape index (κ3) is 4.94. The smallest absolute Gasteiger partial charge is 0.254 e. The van der Waals surface area contributed by atoms with Gasteiger partial charge in [0.05, 0.1) is 17.5 Å². The molecule has 2 aliphatic heterocycles. The summed E-state index contributed by atoms with van der Waals surface area (Å²) in [4.78, 5) is 16.5. The first kappa shape index (κ1) is 21.5. The van der Waals surface area contributed by atoms with Crippen LogP contribution in [0.2, 0.25) is 0 Å². The molecule has 0 radical (unpaired) electrons. The fraction of sp³-hybridized carbons (Fsp3) is 0.500. The number of thiophene rings is 1. The van der Waals surface area contributed by atoms with Crippen molar-refractivity contribution in [3.8, 4) is 0 Å². The van der Waals surface area contributed by atoms with Crippen molar-refractivity contribution in [2.75, 3.05) is 26.2 Å². The Bertz CT molecular complexity index is 947. The van der Waals surface area contributed by atoms with Gasteiger partial charge in [-0.2, -0.15) is 4.31 Å². The van der Waals surface area contributed by atoms with Gasteiger partial charge in [-0.1, -0.05) is 18.6 Å². The van der Waals surface area contributed by atoms with Crippen molar-refractivity contribution in [1.29, 1.82) is 0 Å². The number of hydrogen-bond donors (Lipinski definition) is 0. The SMILES string of the molecule is O=C(c1cccc(S(=O)(=O)N2CCCCC2)c1)N(Cc1cccs1)CC1CCCO1. The summed E-state index contributed by atoms with van der Waals surface area (Å²) in [5.41, 5.74) is 0.405. The van der Waals surface area contributed by atoms with Crippen LogP contribution in [-0.2, 0) is 21.3 Å². The van der Waals surface area contributed by atoms with Crippen LogP contribution in [0.25, 0.3) is 0 Å². The number of rotatable bonds is 7. The molecule has 1 aromatic heterocycles. The molecule has 0 saturated carbocycles. The predicted octanol–water partition coefficient (Wildman–Crippen LogP) is 3.74. The molecule has 0 bridgehead atoms. The molecule has 1 aromatic carbocycles. The molecular formula is C22H28N2O4S2. The van der Waals surface area contributed by atoms with Gasteiger partial charge in [-0.05, 0) is 55.3 Å². The minimum atomic E-state index is -3.58. The zero-order valence-electron chi connectivity index (χ0n) is 17.0. The summed E-state index contributed by atoms with van der Waals surface area (Å²) in [6.45, 7) is 2.84. The number of amides is 1. The van der Waals surface area contributed by atoms with Crippen LogP contribution in [0.1, 0.15) is 47.3 Å². The van der Waals surface area contributed by atoms with E-state index in [0.717, 1.165) is 43.6 Å². The van der Waals surface area contributed by atoms with Gasteiger partial charge in [0.1, 0.15) is 0 Å². The van der Waals surface area contributed by atoms with E-state index in [1.54, 1.807) is 34.4 Å². The van der Waals surface area contributed by atoms with Crippen molar-refractivity contribution >= 4 is 27.3 Å². The van der Waals surface area contributed by atoms with Crippen molar-refractivity contribution in [2.24, 2.45) is 0 Å². The number of sulfonamides is 1. The molecule has 4 rings (SSSR count). The second kappa shape index (κ2) is 9.60. The molecule has 2 saturated heterocycles. The molecule has 6 nitrogen and oxygen atoms in total. The lowest BCUT2D eigenvalue weighted by Gasteiger charge is -2.27. The maximum atomic E-state index is 13.4. The Labute approximate surface area is 182 Å². The van der Waals surface area contributed by atoms with Crippen LogP contribution in [0, 0.1) is 0 Å². The molecule has 2 aliphatic rings. The topological polar surface area (TPSA) is 66.9 Å². The normalized spacial score (nSPS) is 20.3. The average molecular weight is 449 g/mol. The molecular weight excluding hydrogens is 420 g/mol. The zero-order chi connectivity index (χ0) is 21.0. The number of benzene rings is 1. The number of carbonyl (C=O) groups is 1. The number of piperidine rings is 1. The van der Waals surface area contributed by atoms with Crippen molar-refractivity contribution in [3.05, 3.63) is 52.2 Å². The molecule has 3 heterocycles. The summed E-state index contributed by atoms with van der Waals surface area (Å²) >= 11 is 1.61. The van der Waals surface area contributed by atoms with Gasteiger partial charge in [0.15, 0.2) is 0 Å². The molecule has 2 aromatic rings. The maximum Gasteiger partial charge on any atom is 0.254 e. The lowest BCUT2D eigenvalue weighted by Crippen LogP contribution is -2.37. The molecule has 0 spiro atoms. The maximum absolute atomic E-state index is 13.4. The Hall–Kier alpha value is -1.74. The standard InChI is InChI=1S/C22H28N2O4S2/c25-22(23(16-19-8-5-13-28-19)17-20-9-6-14-29-20)18-7-4-10-21(15-18)30(26,27)24-11-2-1-3-12-24/h4,6-7,9-10,14-15,19H,1-3,5,8,11-13,16-17H2. The number of nitrogens with zero attached hydrogens (tertiary/aromatic N) is 2. The van der Waals surface area contributed by atoms with Crippen LogP contribution >= 0.6 is 11.3 Å². The second-order valence-corrected chi connectivity index (χ2v) is 10.9. The lowest BCUT2D eigenvalue weighted by atomic mass is 10.1. The van der Waals surface area contributed by atoms with E-state index in [2.05, 4.69) is 0 Å². The second-order valence-electron chi connectivity index (χ2n) is 7.89. The lowest BCUT2D eigenvalue weighted by molar-refractivity contribution is 0.0509. The third-order valence-electron chi connectivity index (χ3n) is 5.70. The van der Waals surface area contributed by atoms with E-state index >= 15 is 0 Å². The van der Waals surface area contributed by atoms with Crippen LogP contribution in [0.4, 0.5) is 0 Å². The number of carbonyl (C=O) groups excluding carboxylic acids is 1. The van der Waals surface area contributed by atoms with Crippen molar-refractivity contribution < 1.29 is 17.9 Å². The monoisotopic (exact) mass is 448 g/mol. The van der Waals surface area contributed by atoms with Crippen molar-refractivity contribution in [3.63, 3.8) is 0 Å². The molecule has 162 valence electrons. The first-order chi connectivity index (χ1) is 14.5. The van der Waals surface area contributed by atoms with Gasteiger partial charge in [-0.25, -0.2) is 8.42 Å². The summed E-state index contributed by atoms with van der Waals surface area (Å²) in [5, 5.41) is 2.00.